The molecule has 0 aromatic carbocycles. The van der Waals surface area contributed by atoms with E-state index in [1.165, 1.54) is 6.42 Å². The molecule has 0 aromatic rings. The lowest BCUT2D eigenvalue weighted by Crippen LogP contribution is -2.58. The first-order chi connectivity index (χ1) is 7.93. The molecule has 1 heterocycles. The number of rotatable bonds is 2. The van der Waals surface area contributed by atoms with Crippen LogP contribution in [0.25, 0.3) is 0 Å². The average Bonchev–Trinajstić information content (AvgIpc) is 2.28. The average molecular weight is 241 g/mol. The van der Waals surface area contributed by atoms with Crippen LogP contribution in [0.5, 0.6) is 0 Å². The monoisotopic (exact) mass is 241 g/mol. The van der Waals surface area contributed by atoms with Gasteiger partial charge in [-0.3, -0.25) is 0 Å². The van der Waals surface area contributed by atoms with Gasteiger partial charge in [-0.2, -0.15) is 0 Å². The van der Waals surface area contributed by atoms with Crippen LogP contribution in [0.3, 0.4) is 0 Å². The normalized spacial score (nSPS) is 36.7. The number of nitrogens with two attached hydrogens (primary N) is 1. The van der Waals surface area contributed by atoms with E-state index in [0.29, 0.717) is 6.54 Å². The van der Waals surface area contributed by atoms with Crippen LogP contribution in [0.1, 0.15) is 52.4 Å². The molecule has 3 N–H and O–H groups in total. The lowest BCUT2D eigenvalue weighted by Gasteiger charge is -2.54. The van der Waals surface area contributed by atoms with E-state index >= 15 is 0 Å². The zero-order valence-corrected chi connectivity index (χ0v) is 11.3. The van der Waals surface area contributed by atoms with Crippen LogP contribution < -0.4 is 5.73 Å². The molecule has 1 atom stereocenters. The Labute approximate surface area is 105 Å². The van der Waals surface area contributed by atoms with Crippen LogP contribution in [-0.4, -0.2) is 30.5 Å². The molecule has 1 saturated heterocycles. The fourth-order valence-corrected chi connectivity index (χ4v) is 3.90. The smallest absolute Gasteiger partial charge is 0.0722 e. The van der Waals surface area contributed by atoms with Gasteiger partial charge in [0, 0.05) is 25.2 Å². The van der Waals surface area contributed by atoms with Crippen LogP contribution >= 0.6 is 0 Å². The minimum Gasteiger partial charge on any atom is -0.389 e. The number of hydrogen-bond acceptors (Lipinski definition) is 3. The maximum absolute atomic E-state index is 11.1. The van der Waals surface area contributed by atoms with Crippen molar-refractivity contribution in [2.75, 3.05) is 19.8 Å². The van der Waals surface area contributed by atoms with Crippen molar-refractivity contribution >= 4 is 0 Å². The van der Waals surface area contributed by atoms with Gasteiger partial charge in [0.05, 0.1) is 5.60 Å². The van der Waals surface area contributed by atoms with E-state index in [-0.39, 0.29) is 10.8 Å². The first kappa shape index (κ1) is 13.3. The van der Waals surface area contributed by atoms with Crippen LogP contribution in [0, 0.1) is 10.8 Å². The van der Waals surface area contributed by atoms with E-state index < -0.39 is 5.60 Å². The zero-order valence-electron chi connectivity index (χ0n) is 11.3. The standard InChI is InChI=1S/C14H27NO2/c1-12(2)4-3-5-14(16,10-12)13(11-15)6-8-17-9-7-13/h16H,3-11,15H2,1-2H3. The topological polar surface area (TPSA) is 55.5 Å². The predicted molar refractivity (Wildman–Crippen MR) is 68.7 cm³/mol. The Balaban J connectivity index is 2.22. The summed E-state index contributed by atoms with van der Waals surface area (Å²) < 4.78 is 5.45. The minimum atomic E-state index is -0.576. The molecule has 3 nitrogen and oxygen atoms in total. The largest absolute Gasteiger partial charge is 0.389 e. The van der Waals surface area contributed by atoms with E-state index in [0.717, 1.165) is 45.3 Å². The summed E-state index contributed by atoms with van der Waals surface area (Å²) in [5.74, 6) is 0. The van der Waals surface area contributed by atoms with Crippen LogP contribution in [0.2, 0.25) is 0 Å². The second-order valence-corrected chi connectivity index (χ2v) is 6.82. The van der Waals surface area contributed by atoms with Gasteiger partial charge in [0.15, 0.2) is 0 Å². The third-order valence-electron chi connectivity index (χ3n) is 5.04. The molecular formula is C14H27NO2. The van der Waals surface area contributed by atoms with Crippen molar-refractivity contribution in [3.05, 3.63) is 0 Å². The summed E-state index contributed by atoms with van der Waals surface area (Å²) in [4.78, 5) is 0. The van der Waals surface area contributed by atoms with E-state index in [9.17, 15) is 5.11 Å². The highest BCUT2D eigenvalue weighted by Gasteiger charge is 2.53. The predicted octanol–water partition coefficient (Wildman–Crippen LogP) is 2.07. The van der Waals surface area contributed by atoms with Gasteiger partial charge < -0.3 is 15.6 Å². The fraction of sp³-hybridized carbons (Fsp3) is 1.00. The summed E-state index contributed by atoms with van der Waals surface area (Å²) in [6.07, 6.45) is 5.95. The van der Waals surface area contributed by atoms with Crippen LogP contribution in [0.15, 0.2) is 0 Å². The molecule has 17 heavy (non-hydrogen) atoms. The fourth-order valence-electron chi connectivity index (χ4n) is 3.90. The summed E-state index contributed by atoms with van der Waals surface area (Å²) >= 11 is 0. The molecule has 0 bridgehead atoms. The van der Waals surface area contributed by atoms with Crippen molar-refractivity contribution < 1.29 is 9.84 Å². The number of hydrogen-bond donors (Lipinski definition) is 2. The quantitative estimate of drug-likeness (QED) is 0.778. The maximum Gasteiger partial charge on any atom is 0.0722 e. The molecule has 0 aromatic heterocycles. The van der Waals surface area contributed by atoms with Gasteiger partial charge in [0.2, 0.25) is 0 Å². The van der Waals surface area contributed by atoms with Crippen molar-refractivity contribution in [3.8, 4) is 0 Å². The van der Waals surface area contributed by atoms with Crippen LogP contribution in [-0.2, 0) is 4.74 Å². The Bertz CT molecular complexity index is 271. The molecule has 2 fully saturated rings. The molecule has 3 heteroatoms. The van der Waals surface area contributed by atoms with Gasteiger partial charge in [-0.05, 0) is 37.5 Å². The zero-order chi connectivity index (χ0) is 12.6. The minimum absolute atomic E-state index is 0.108. The molecular weight excluding hydrogens is 214 g/mol. The molecule has 1 unspecified atom stereocenters. The van der Waals surface area contributed by atoms with E-state index in [1.807, 2.05) is 0 Å². The van der Waals surface area contributed by atoms with Gasteiger partial charge in [0.1, 0.15) is 0 Å². The highest BCUT2D eigenvalue weighted by molar-refractivity contribution is 5.05. The van der Waals surface area contributed by atoms with E-state index in [1.54, 1.807) is 0 Å². The Morgan fingerprint density at radius 2 is 1.76 bits per heavy atom. The first-order valence-corrected chi connectivity index (χ1v) is 6.93. The summed E-state index contributed by atoms with van der Waals surface area (Å²) in [5, 5.41) is 11.1. The third-order valence-corrected chi connectivity index (χ3v) is 5.04. The summed E-state index contributed by atoms with van der Waals surface area (Å²) in [6, 6.07) is 0. The van der Waals surface area contributed by atoms with Gasteiger partial charge in [-0.25, -0.2) is 0 Å². The Kier molecular flexibility index (Phi) is 3.54. The molecule has 1 saturated carbocycles. The molecule has 100 valence electrons. The van der Waals surface area contributed by atoms with Gasteiger partial charge in [-0.15, -0.1) is 0 Å². The Morgan fingerprint density at radius 1 is 1.12 bits per heavy atom. The highest BCUT2D eigenvalue weighted by atomic mass is 16.5. The Hall–Kier alpha value is -0.120. The SMILES string of the molecule is CC1(C)CCCC(O)(C2(CN)CCOCC2)C1. The highest BCUT2D eigenvalue weighted by Crippen LogP contribution is 2.52. The third kappa shape index (κ3) is 2.38. The van der Waals surface area contributed by atoms with Gasteiger partial charge >= 0.3 is 0 Å². The van der Waals surface area contributed by atoms with E-state index in [4.69, 9.17) is 10.5 Å². The Morgan fingerprint density at radius 3 is 2.29 bits per heavy atom. The van der Waals surface area contributed by atoms with Crippen molar-refractivity contribution in [1.29, 1.82) is 0 Å². The summed E-state index contributed by atoms with van der Waals surface area (Å²) in [5.41, 5.74) is 5.59. The van der Waals surface area contributed by atoms with Gasteiger partial charge in [-0.1, -0.05) is 20.3 Å². The van der Waals surface area contributed by atoms with Crippen molar-refractivity contribution in [3.63, 3.8) is 0 Å². The lowest BCUT2D eigenvalue weighted by atomic mass is 9.56. The second-order valence-electron chi connectivity index (χ2n) is 6.82. The van der Waals surface area contributed by atoms with Crippen molar-refractivity contribution in [2.45, 2.75) is 58.0 Å². The second kappa shape index (κ2) is 4.52. The molecule has 1 aliphatic carbocycles. The summed E-state index contributed by atoms with van der Waals surface area (Å²) in [6.45, 7) is 6.62. The molecule has 0 amide bonds. The molecule has 2 aliphatic rings. The maximum atomic E-state index is 11.1. The molecule has 2 rings (SSSR count). The molecule has 1 aliphatic heterocycles. The van der Waals surface area contributed by atoms with Crippen molar-refractivity contribution in [2.24, 2.45) is 16.6 Å². The molecule has 0 spiro atoms. The number of aliphatic hydroxyl groups is 1. The van der Waals surface area contributed by atoms with Gasteiger partial charge in [0.25, 0.3) is 0 Å². The lowest BCUT2D eigenvalue weighted by molar-refractivity contribution is -0.164. The van der Waals surface area contributed by atoms with Crippen LogP contribution in [0.4, 0.5) is 0 Å². The number of ether oxygens (including phenoxy) is 1. The molecule has 0 radical (unpaired) electrons. The van der Waals surface area contributed by atoms with E-state index in [2.05, 4.69) is 13.8 Å². The first-order valence-electron chi connectivity index (χ1n) is 6.93. The van der Waals surface area contributed by atoms with Crippen molar-refractivity contribution in [1.82, 2.24) is 0 Å². The summed E-state index contributed by atoms with van der Waals surface area (Å²) in [7, 11) is 0.